The zero-order valence-corrected chi connectivity index (χ0v) is 18.0. The van der Waals surface area contributed by atoms with Crippen molar-refractivity contribution >= 4 is 45.0 Å². The summed E-state index contributed by atoms with van der Waals surface area (Å²) < 4.78 is 6.02. The molecule has 0 fully saturated rings. The number of hydrogen-bond acceptors (Lipinski definition) is 0. The largest absolute Gasteiger partial charge is 0.147 e. The van der Waals surface area contributed by atoms with Crippen molar-refractivity contribution in [1.29, 1.82) is 0 Å². The fourth-order valence-corrected chi connectivity index (χ4v) is 22.0. The van der Waals surface area contributed by atoms with Crippen LogP contribution in [0.15, 0.2) is 51.8 Å². The van der Waals surface area contributed by atoms with Crippen molar-refractivity contribution in [3.8, 4) is 0 Å². The normalized spacial score (nSPS) is 16.3. The second kappa shape index (κ2) is 7.46. The Bertz CT molecular complexity index is 645. The van der Waals surface area contributed by atoms with Gasteiger partial charge in [-0.05, 0) is 0 Å². The van der Waals surface area contributed by atoms with Gasteiger partial charge in [-0.25, -0.2) is 0 Å². The van der Waals surface area contributed by atoms with Crippen molar-refractivity contribution in [2.24, 2.45) is 0 Å². The second-order valence-electron chi connectivity index (χ2n) is 5.95. The zero-order valence-electron chi connectivity index (χ0n) is 12.7. The molecule has 114 valence electrons. The summed E-state index contributed by atoms with van der Waals surface area (Å²) in [6.07, 6.45) is 8.19. The van der Waals surface area contributed by atoms with E-state index in [4.69, 9.17) is 0 Å². The van der Waals surface area contributed by atoms with Crippen LogP contribution < -0.4 is 3.40 Å². The number of fused-ring (bicyclic) bond motifs is 1. The van der Waals surface area contributed by atoms with Crippen LogP contribution in [-0.4, -0.2) is 10.9 Å². The monoisotopic (exact) mass is 417 g/mol. The minimum absolute atomic E-state index is 0. The van der Waals surface area contributed by atoms with E-state index in [0.717, 1.165) is 0 Å². The van der Waals surface area contributed by atoms with E-state index in [0.29, 0.717) is 0 Å². The van der Waals surface area contributed by atoms with Gasteiger partial charge >= 0.3 is 121 Å². The molecule has 1 aromatic carbocycles. The third kappa shape index (κ3) is 3.32. The average Bonchev–Trinajstić information content (AvgIpc) is 3.06. The van der Waals surface area contributed by atoms with Gasteiger partial charge < -0.3 is 0 Å². The molecule has 2 aromatic rings. The molecular formula is C16H23Cl2NSiZr. The zero-order chi connectivity index (χ0) is 13.5. The number of halogens is 2. The molecule has 0 bridgehead atoms. The van der Waals surface area contributed by atoms with Crippen LogP contribution in [0.5, 0.6) is 0 Å². The Morgan fingerprint density at radius 2 is 1.86 bits per heavy atom. The maximum Gasteiger partial charge on any atom is -0.147 e. The first-order valence-corrected chi connectivity index (χ1v) is 19.1. The summed E-state index contributed by atoms with van der Waals surface area (Å²) in [6, 6.07) is 11.1. The number of benzene rings is 1. The quantitative estimate of drug-likeness (QED) is 0.696. The molecule has 0 saturated carbocycles. The van der Waals surface area contributed by atoms with Gasteiger partial charge in [0.05, 0.1) is 0 Å². The third-order valence-corrected chi connectivity index (χ3v) is 35.7. The second-order valence-corrected chi connectivity index (χ2v) is 32.4. The van der Waals surface area contributed by atoms with Crippen molar-refractivity contribution in [3.63, 3.8) is 0 Å². The summed E-state index contributed by atoms with van der Waals surface area (Å²) in [5, 5.41) is 1.38. The molecule has 1 aliphatic carbocycles. The number of nitrogens with one attached hydrogen (secondary N) is 1. The van der Waals surface area contributed by atoms with E-state index < -0.39 is 25.4 Å². The van der Waals surface area contributed by atoms with E-state index in [1.54, 1.807) is 6.68 Å². The molecule has 3 rings (SSSR count). The van der Waals surface area contributed by atoms with Crippen LogP contribution in [-0.2, 0) is 19.4 Å². The van der Waals surface area contributed by atoms with Gasteiger partial charge in [0.15, 0.2) is 0 Å². The Morgan fingerprint density at radius 1 is 1.14 bits per heavy atom. The Balaban J connectivity index is 0.00000110. The van der Waals surface area contributed by atoms with Crippen molar-refractivity contribution in [3.05, 3.63) is 51.8 Å². The van der Waals surface area contributed by atoms with Crippen molar-refractivity contribution in [1.82, 2.24) is 4.98 Å². The Morgan fingerprint density at radius 3 is 2.43 bits per heavy atom. The van der Waals surface area contributed by atoms with Crippen LogP contribution in [0.1, 0.15) is 6.42 Å². The molecule has 0 amide bonds. The van der Waals surface area contributed by atoms with Crippen LogP contribution in [0.4, 0.5) is 0 Å². The Hall–Kier alpha value is -0.0800. The van der Waals surface area contributed by atoms with E-state index in [-0.39, 0.29) is 24.8 Å². The average molecular weight is 420 g/mol. The summed E-state index contributed by atoms with van der Waals surface area (Å²) >= 11 is -2.34. The minimum atomic E-state index is -2.34. The standard InChI is InChI=1S/C8H6N.C5H5.C2H7Si.CH3.2ClH.Zr/c1-2-4-8-7(3-1)5-6-9-8;1-2-4-5-3-1;1-3-2;;;;/h1-5,9H;1-3H,4H2;3H,1-2H3;1H3;2*1H;. The maximum atomic E-state index is 3.75. The number of aromatic nitrogens is 1. The Labute approximate surface area is 144 Å². The topological polar surface area (TPSA) is 15.8 Å². The number of allylic oxidation sites excluding steroid dienone is 4. The molecule has 1 aromatic heterocycles. The van der Waals surface area contributed by atoms with Crippen LogP contribution >= 0.6 is 24.8 Å². The first-order valence-electron chi connectivity index (χ1n) is 7.07. The van der Waals surface area contributed by atoms with Gasteiger partial charge in [-0.2, -0.15) is 0 Å². The van der Waals surface area contributed by atoms with Gasteiger partial charge in [-0.1, -0.05) is 0 Å². The van der Waals surface area contributed by atoms with Gasteiger partial charge in [0.1, 0.15) is 0 Å². The van der Waals surface area contributed by atoms with Crippen LogP contribution in [0.2, 0.25) is 17.7 Å². The number of H-pyrrole nitrogens is 1. The molecule has 1 heterocycles. The van der Waals surface area contributed by atoms with Crippen molar-refractivity contribution in [2.45, 2.75) is 24.1 Å². The fraction of sp³-hybridized carbons (Fsp3) is 0.250. The van der Waals surface area contributed by atoms with Gasteiger partial charge in [0.2, 0.25) is 0 Å². The number of hydrogen-bond donors (Lipinski definition) is 1. The van der Waals surface area contributed by atoms with Crippen molar-refractivity contribution < 1.29 is 19.4 Å². The predicted molar refractivity (Wildman–Crippen MR) is 99.0 cm³/mol. The SMILES string of the molecule is C[SiH](C)[Zr]([CH3])([C]1=CC=CC1)[c]1cc2ccccc2[nH]1.Cl.Cl. The first-order chi connectivity index (χ1) is 9.12. The number of rotatable bonds is 3. The summed E-state index contributed by atoms with van der Waals surface area (Å²) in [5.74, 6) is -0.667. The van der Waals surface area contributed by atoms with E-state index in [2.05, 4.69) is 71.3 Å². The Kier molecular flexibility index (Phi) is 6.74. The fourth-order valence-electron chi connectivity index (χ4n) is 3.04. The molecule has 21 heavy (non-hydrogen) atoms. The molecule has 0 saturated heterocycles. The molecule has 1 N–H and O–H groups in total. The minimum Gasteiger partial charge on any atom is -0.147 e. The van der Waals surface area contributed by atoms with Gasteiger partial charge in [-0.15, -0.1) is 24.8 Å². The molecular weight excluding hydrogens is 396 g/mol. The summed E-state index contributed by atoms with van der Waals surface area (Å²) in [5.41, 5.74) is 1.31. The maximum absolute atomic E-state index is 3.75. The first kappa shape index (κ1) is 19.0. The van der Waals surface area contributed by atoms with Crippen LogP contribution in [0.3, 0.4) is 0 Å². The molecule has 0 aliphatic heterocycles. The summed E-state index contributed by atoms with van der Waals surface area (Å²) in [7, 11) is 0. The van der Waals surface area contributed by atoms with Gasteiger partial charge in [-0.3, -0.25) is 0 Å². The van der Waals surface area contributed by atoms with Gasteiger partial charge in [0.25, 0.3) is 0 Å². The van der Waals surface area contributed by atoms with Crippen LogP contribution in [0, 0.1) is 0 Å². The summed E-state index contributed by atoms with van der Waals surface area (Å²) in [4.78, 5) is 3.75. The van der Waals surface area contributed by atoms with Gasteiger partial charge in [0, 0.05) is 0 Å². The molecule has 0 spiro atoms. The molecule has 0 radical (unpaired) electrons. The molecule has 1 atom stereocenters. The number of aromatic amines is 1. The third-order valence-electron chi connectivity index (χ3n) is 4.68. The van der Waals surface area contributed by atoms with E-state index in [1.165, 1.54) is 17.3 Å². The number of para-hydroxylation sites is 1. The molecule has 1 unspecified atom stereocenters. The summed E-state index contributed by atoms with van der Waals surface area (Å²) in [6.45, 7) is 5.08. The predicted octanol–water partition coefficient (Wildman–Crippen LogP) is 4.67. The molecule has 5 heteroatoms. The van der Waals surface area contributed by atoms with Crippen LogP contribution in [0.25, 0.3) is 10.9 Å². The van der Waals surface area contributed by atoms with E-state index in [1.807, 2.05) is 0 Å². The smallest absolute Gasteiger partial charge is 0.147 e. The molecule has 1 aliphatic rings. The molecule has 1 nitrogen and oxygen atoms in total. The van der Waals surface area contributed by atoms with Crippen molar-refractivity contribution in [2.75, 3.05) is 0 Å². The van der Waals surface area contributed by atoms with E-state index >= 15 is 0 Å². The van der Waals surface area contributed by atoms with E-state index in [9.17, 15) is 0 Å².